The van der Waals surface area contributed by atoms with E-state index in [0.717, 1.165) is 43.4 Å². The predicted octanol–water partition coefficient (Wildman–Crippen LogP) is 2.17. The summed E-state index contributed by atoms with van der Waals surface area (Å²) < 4.78 is 0. The lowest BCUT2D eigenvalue weighted by atomic mass is 10.1. The summed E-state index contributed by atoms with van der Waals surface area (Å²) in [5.74, 6) is -2.16. The third-order valence-electron chi connectivity index (χ3n) is 2.89. The number of carboxylic acid groups (broad SMARTS) is 3. The van der Waals surface area contributed by atoms with Crippen LogP contribution in [0.3, 0.4) is 0 Å². The van der Waals surface area contributed by atoms with E-state index in [1.54, 1.807) is 0 Å². The first kappa shape index (κ1) is 30.6. The highest BCUT2D eigenvalue weighted by Crippen LogP contribution is 2.43. The van der Waals surface area contributed by atoms with Gasteiger partial charge in [-0.2, -0.15) is 0 Å². The highest BCUT2D eigenvalue weighted by molar-refractivity contribution is 5.82. The number of hydrogen-bond acceptors (Lipinski definition) is 7. The van der Waals surface area contributed by atoms with Gasteiger partial charge in [0.25, 0.3) is 17.9 Å². The van der Waals surface area contributed by atoms with Crippen LogP contribution in [-0.4, -0.2) is 80.6 Å². The first-order valence-corrected chi connectivity index (χ1v) is 8.44. The van der Waals surface area contributed by atoms with Gasteiger partial charge in [0, 0.05) is 68.7 Å². The molecule has 0 aliphatic heterocycles. The van der Waals surface area contributed by atoms with Crippen molar-refractivity contribution in [2.45, 2.75) is 27.7 Å². The van der Waals surface area contributed by atoms with Gasteiger partial charge in [-0.3, -0.25) is 14.4 Å². The number of carbonyl (C=O) groups is 3. The van der Waals surface area contributed by atoms with Crippen molar-refractivity contribution < 1.29 is 34.8 Å². The van der Waals surface area contributed by atoms with E-state index in [9.17, 15) is 5.11 Å². The van der Waals surface area contributed by atoms with Crippen molar-refractivity contribution in [1.29, 1.82) is 0 Å². The van der Waals surface area contributed by atoms with Crippen LogP contribution in [0.15, 0.2) is 6.07 Å². The smallest absolute Gasteiger partial charge is 0.300 e. The maximum Gasteiger partial charge on any atom is 0.300 e. The van der Waals surface area contributed by atoms with Crippen molar-refractivity contribution in [3.63, 3.8) is 0 Å². The maximum absolute atomic E-state index is 10.3. The standard InChI is InChI=1S/C13H23N3O.3C2H4O2/c1-9-10(14(2)3)8-11(15(4)5)13(17)12(9)16(6)7;3*1-2(3)4/h8,17H,1-7H3;3*1H3,(H,3,4). The van der Waals surface area contributed by atoms with Crippen LogP contribution in [0.5, 0.6) is 5.75 Å². The van der Waals surface area contributed by atoms with Gasteiger partial charge in [-0.1, -0.05) is 0 Å². The number of anilines is 3. The summed E-state index contributed by atoms with van der Waals surface area (Å²) in [4.78, 5) is 32.9. The van der Waals surface area contributed by atoms with E-state index >= 15 is 0 Å². The molecule has 0 radical (unpaired) electrons. The van der Waals surface area contributed by atoms with Crippen LogP contribution in [0.1, 0.15) is 26.3 Å². The van der Waals surface area contributed by atoms with E-state index in [0.29, 0.717) is 5.75 Å². The number of carboxylic acids is 3. The second-order valence-electron chi connectivity index (χ2n) is 6.48. The van der Waals surface area contributed by atoms with Crippen molar-refractivity contribution >= 4 is 35.0 Å². The second kappa shape index (κ2) is 14.8. The van der Waals surface area contributed by atoms with E-state index in [2.05, 4.69) is 4.90 Å². The number of hydrogen-bond donors (Lipinski definition) is 4. The molecule has 0 unspecified atom stereocenters. The Morgan fingerprint density at radius 3 is 1.17 bits per heavy atom. The van der Waals surface area contributed by atoms with Gasteiger partial charge in [0.1, 0.15) is 0 Å². The van der Waals surface area contributed by atoms with Gasteiger partial charge in [-0.15, -0.1) is 0 Å². The number of rotatable bonds is 3. The molecule has 1 aromatic carbocycles. The molecule has 1 aromatic rings. The summed E-state index contributed by atoms with van der Waals surface area (Å²) >= 11 is 0. The molecule has 0 atom stereocenters. The number of nitrogens with zero attached hydrogens (tertiary/aromatic N) is 3. The molecule has 0 aliphatic carbocycles. The Hall–Kier alpha value is -3.17. The molecule has 10 heteroatoms. The van der Waals surface area contributed by atoms with Crippen LogP contribution in [0.25, 0.3) is 0 Å². The molecule has 0 aromatic heterocycles. The van der Waals surface area contributed by atoms with Crippen molar-refractivity contribution in [1.82, 2.24) is 0 Å². The number of phenols is 1. The summed E-state index contributed by atoms with van der Waals surface area (Å²) in [6.07, 6.45) is 0. The lowest BCUT2D eigenvalue weighted by Gasteiger charge is -2.27. The zero-order valence-corrected chi connectivity index (χ0v) is 18.9. The van der Waals surface area contributed by atoms with Gasteiger partial charge < -0.3 is 35.1 Å². The number of benzene rings is 1. The first-order valence-electron chi connectivity index (χ1n) is 8.44. The lowest BCUT2D eigenvalue weighted by Crippen LogP contribution is -2.18. The molecular formula is C19H35N3O7. The second-order valence-corrected chi connectivity index (χ2v) is 6.48. The largest absolute Gasteiger partial charge is 0.504 e. The Morgan fingerprint density at radius 1 is 0.690 bits per heavy atom. The van der Waals surface area contributed by atoms with Crippen molar-refractivity contribution in [2.24, 2.45) is 0 Å². The molecule has 4 N–H and O–H groups in total. The van der Waals surface area contributed by atoms with Gasteiger partial charge in [-0.25, -0.2) is 0 Å². The van der Waals surface area contributed by atoms with Crippen molar-refractivity contribution in [3.8, 4) is 5.75 Å². The SMILES string of the molecule is CC(=O)O.CC(=O)O.CC(=O)O.Cc1c(N(C)C)cc(N(C)C)c(O)c1N(C)C. The summed E-state index contributed by atoms with van der Waals surface area (Å²) in [6.45, 7) is 5.28. The van der Waals surface area contributed by atoms with Gasteiger partial charge in [-0.05, 0) is 18.6 Å². The van der Waals surface area contributed by atoms with E-state index < -0.39 is 17.9 Å². The molecule has 0 amide bonds. The van der Waals surface area contributed by atoms with E-state index in [-0.39, 0.29) is 0 Å². The monoisotopic (exact) mass is 417 g/mol. The van der Waals surface area contributed by atoms with Gasteiger partial charge in [0.05, 0.1) is 11.4 Å². The fraction of sp³-hybridized carbons (Fsp3) is 0.526. The lowest BCUT2D eigenvalue weighted by molar-refractivity contribution is -0.135. The Kier molecular flexibility index (Phi) is 15.6. The molecule has 29 heavy (non-hydrogen) atoms. The molecule has 0 heterocycles. The van der Waals surface area contributed by atoms with Crippen LogP contribution in [0.4, 0.5) is 17.1 Å². The Labute approximate surface area is 172 Å². The highest BCUT2D eigenvalue weighted by Gasteiger charge is 2.18. The van der Waals surface area contributed by atoms with Gasteiger partial charge in [0.15, 0.2) is 5.75 Å². The van der Waals surface area contributed by atoms with Crippen LogP contribution in [-0.2, 0) is 14.4 Å². The minimum absolute atomic E-state index is 0.336. The first-order chi connectivity index (χ1) is 13.0. The highest BCUT2D eigenvalue weighted by atomic mass is 16.4. The van der Waals surface area contributed by atoms with Crippen LogP contribution in [0, 0.1) is 6.92 Å². The average Bonchev–Trinajstić information content (AvgIpc) is 2.44. The zero-order chi connectivity index (χ0) is 24.1. The topological polar surface area (TPSA) is 142 Å². The van der Waals surface area contributed by atoms with E-state index in [1.807, 2.05) is 65.1 Å². The Bertz CT molecular complexity index is 599. The molecule has 0 saturated heterocycles. The van der Waals surface area contributed by atoms with Crippen LogP contribution >= 0.6 is 0 Å². The van der Waals surface area contributed by atoms with Crippen molar-refractivity contribution in [2.75, 3.05) is 57.0 Å². The third-order valence-corrected chi connectivity index (χ3v) is 2.89. The van der Waals surface area contributed by atoms with Gasteiger partial charge >= 0.3 is 0 Å². The maximum atomic E-state index is 10.3. The van der Waals surface area contributed by atoms with Crippen LogP contribution < -0.4 is 14.7 Å². The fourth-order valence-corrected chi connectivity index (χ4v) is 2.08. The summed E-state index contributed by atoms with van der Waals surface area (Å²) in [5.41, 5.74) is 3.92. The molecule has 1 rings (SSSR count). The predicted molar refractivity (Wildman–Crippen MR) is 116 cm³/mol. The molecule has 0 saturated carbocycles. The molecule has 0 spiro atoms. The number of phenolic OH excluding ortho intramolecular Hbond substituents is 1. The Balaban J connectivity index is -0.000000462. The average molecular weight is 418 g/mol. The molecule has 0 aliphatic rings. The van der Waals surface area contributed by atoms with E-state index in [4.69, 9.17) is 29.7 Å². The summed E-state index contributed by atoms with van der Waals surface area (Å²) in [7, 11) is 11.8. The quantitative estimate of drug-likeness (QED) is 0.578. The molecule has 168 valence electrons. The zero-order valence-electron chi connectivity index (χ0n) is 18.9. The number of aromatic hydroxyl groups is 1. The Morgan fingerprint density at radius 2 is 0.966 bits per heavy atom. The fourth-order valence-electron chi connectivity index (χ4n) is 2.08. The minimum Gasteiger partial charge on any atom is -0.504 e. The molecule has 10 nitrogen and oxygen atoms in total. The van der Waals surface area contributed by atoms with Gasteiger partial charge in [0.2, 0.25) is 0 Å². The van der Waals surface area contributed by atoms with Crippen molar-refractivity contribution in [3.05, 3.63) is 11.6 Å². The normalized spacial score (nSPS) is 8.62. The third kappa shape index (κ3) is 15.6. The van der Waals surface area contributed by atoms with Crippen LogP contribution in [0.2, 0.25) is 0 Å². The molecular weight excluding hydrogens is 382 g/mol. The number of aliphatic carboxylic acids is 3. The minimum atomic E-state index is -0.833. The summed E-state index contributed by atoms with van der Waals surface area (Å²) in [5, 5.41) is 32.6. The molecule has 0 bridgehead atoms. The molecule has 0 fully saturated rings. The van der Waals surface area contributed by atoms with E-state index in [1.165, 1.54) is 0 Å². The summed E-state index contributed by atoms with van der Waals surface area (Å²) in [6, 6.07) is 2.01.